The minimum absolute atomic E-state index is 0.604. The second-order valence-electron chi connectivity index (χ2n) is 10.1. The highest BCUT2D eigenvalue weighted by Crippen LogP contribution is 2.37. The van der Waals surface area contributed by atoms with Crippen LogP contribution in [-0.4, -0.2) is 28.9 Å². The van der Waals surface area contributed by atoms with Crippen LogP contribution in [0.25, 0.3) is 45.1 Å². The predicted molar refractivity (Wildman–Crippen MR) is 161 cm³/mol. The lowest BCUT2D eigenvalue weighted by Gasteiger charge is -2.18. The van der Waals surface area contributed by atoms with Crippen LogP contribution in [0.5, 0.6) is 0 Å². The van der Waals surface area contributed by atoms with Crippen molar-refractivity contribution in [2.75, 3.05) is 0 Å². The maximum Gasteiger partial charge on any atom is 0.181 e. The Labute approximate surface area is 230 Å². The van der Waals surface area contributed by atoms with Crippen molar-refractivity contribution in [3.05, 3.63) is 94.2 Å². The number of imidazole rings is 1. The SMILES string of the molecule is CC.Cc1cc(-n2c(-c3c(C)cccc3C)cn3c(C)c(C)c(C)c23)c(C)cc1-c1ncc2nccnc2n1. The number of rotatable bonds is 3. The molecular weight excluding hydrogens is 480 g/mol. The van der Waals surface area contributed by atoms with Crippen molar-refractivity contribution < 1.29 is 0 Å². The van der Waals surface area contributed by atoms with Gasteiger partial charge in [-0.3, -0.25) is 4.57 Å². The van der Waals surface area contributed by atoms with Crippen molar-refractivity contribution in [3.8, 4) is 28.3 Å². The van der Waals surface area contributed by atoms with Gasteiger partial charge < -0.3 is 4.40 Å². The first-order valence-corrected chi connectivity index (χ1v) is 13.6. The quantitative estimate of drug-likeness (QED) is 0.239. The normalized spacial score (nSPS) is 11.2. The molecular formula is C33H36N6. The third-order valence-corrected chi connectivity index (χ3v) is 7.72. The summed E-state index contributed by atoms with van der Waals surface area (Å²) < 4.78 is 4.78. The molecule has 0 atom stereocenters. The van der Waals surface area contributed by atoms with E-state index >= 15 is 0 Å². The van der Waals surface area contributed by atoms with Crippen LogP contribution in [0.2, 0.25) is 0 Å². The number of nitrogens with zero attached hydrogens (tertiary/aromatic N) is 6. The van der Waals surface area contributed by atoms with Gasteiger partial charge >= 0.3 is 0 Å². The smallest absolute Gasteiger partial charge is 0.181 e. The molecule has 0 amide bonds. The van der Waals surface area contributed by atoms with Crippen molar-refractivity contribution in [1.29, 1.82) is 0 Å². The zero-order valence-corrected chi connectivity index (χ0v) is 24.4. The van der Waals surface area contributed by atoms with Crippen molar-refractivity contribution in [2.24, 2.45) is 0 Å². The highest BCUT2D eigenvalue weighted by atomic mass is 15.1. The average Bonchev–Trinajstić information content (AvgIpc) is 3.41. The number of aryl methyl sites for hydroxylation is 6. The van der Waals surface area contributed by atoms with E-state index in [4.69, 9.17) is 4.98 Å². The number of hydrogen-bond acceptors (Lipinski definition) is 4. The van der Waals surface area contributed by atoms with Gasteiger partial charge in [0.2, 0.25) is 0 Å². The van der Waals surface area contributed by atoms with E-state index in [0.29, 0.717) is 17.0 Å². The molecule has 6 aromatic rings. The second kappa shape index (κ2) is 10.1. The third-order valence-electron chi connectivity index (χ3n) is 7.72. The number of hydrogen-bond donors (Lipinski definition) is 0. The molecule has 0 unspecified atom stereocenters. The van der Waals surface area contributed by atoms with Gasteiger partial charge in [-0.15, -0.1) is 0 Å². The van der Waals surface area contributed by atoms with E-state index in [9.17, 15) is 0 Å². The molecule has 0 bridgehead atoms. The van der Waals surface area contributed by atoms with Crippen LogP contribution in [0.15, 0.2) is 55.1 Å². The highest BCUT2D eigenvalue weighted by molar-refractivity contribution is 5.78. The molecule has 6 rings (SSSR count). The summed E-state index contributed by atoms with van der Waals surface area (Å²) in [4.78, 5) is 18.0. The molecule has 6 heteroatoms. The maximum absolute atomic E-state index is 4.71. The fourth-order valence-electron chi connectivity index (χ4n) is 5.51. The van der Waals surface area contributed by atoms with Gasteiger partial charge in [0.15, 0.2) is 11.5 Å². The summed E-state index contributed by atoms with van der Waals surface area (Å²) >= 11 is 0. The Morgan fingerprint density at radius 1 is 0.718 bits per heavy atom. The van der Waals surface area contributed by atoms with Gasteiger partial charge in [-0.2, -0.15) is 0 Å². The van der Waals surface area contributed by atoms with Gasteiger partial charge in [0.25, 0.3) is 0 Å². The Morgan fingerprint density at radius 2 is 1.41 bits per heavy atom. The molecule has 0 aliphatic rings. The van der Waals surface area contributed by atoms with Crippen LogP contribution in [-0.2, 0) is 0 Å². The first-order chi connectivity index (χ1) is 18.8. The molecule has 0 fully saturated rings. The van der Waals surface area contributed by atoms with E-state index in [0.717, 1.165) is 22.4 Å². The number of benzene rings is 2. The van der Waals surface area contributed by atoms with Crippen molar-refractivity contribution in [2.45, 2.75) is 62.3 Å². The van der Waals surface area contributed by atoms with Crippen LogP contribution in [0.1, 0.15) is 52.9 Å². The molecule has 0 N–H and O–H groups in total. The molecule has 0 aliphatic carbocycles. The Bertz CT molecular complexity index is 1830. The Hall–Kier alpha value is -4.32. The lowest BCUT2D eigenvalue weighted by atomic mass is 9.99. The first kappa shape index (κ1) is 26.3. The molecule has 0 spiro atoms. The van der Waals surface area contributed by atoms with E-state index in [2.05, 4.69) is 109 Å². The predicted octanol–water partition coefficient (Wildman–Crippen LogP) is 7.98. The molecule has 0 saturated carbocycles. The zero-order valence-electron chi connectivity index (χ0n) is 24.4. The molecule has 39 heavy (non-hydrogen) atoms. The van der Waals surface area contributed by atoms with Crippen LogP contribution >= 0.6 is 0 Å². The van der Waals surface area contributed by atoms with Crippen LogP contribution in [0.3, 0.4) is 0 Å². The van der Waals surface area contributed by atoms with Gasteiger partial charge in [0.1, 0.15) is 11.2 Å². The highest BCUT2D eigenvalue weighted by Gasteiger charge is 2.23. The van der Waals surface area contributed by atoms with Gasteiger partial charge in [0, 0.05) is 35.4 Å². The zero-order chi connectivity index (χ0) is 28.0. The molecule has 0 saturated heterocycles. The van der Waals surface area contributed by atoms with E-state index in [-0.39, 0.29) is 0 Å². The van der Waals surface area contributed by atoms with E-state index in [1.807, 2.05) is 13.8 Å². The van der Waals surface area contributed by atoms with E-state index < -0.39 is 0 Å². The summed E-state index contributed by atoms with van der Waals surface area (Å²) in [6, 6.07) is 11.0. The number of fused-ring (bicyclic) bond motifs is 2. The Kier molecular flexibility index (Phi) is 6.81. The fourth-order valence-corrected chi connectivity index (χ4v) is 5.51. The summed E-state index contributed by atoms with van der Waals surface area (Å²) in [6.07, 6.45) is 7.37. The molecule has 0 aliphatic heterocycles. The van der Waals surface area contributed by atoms with Crippen molar-refractivity contribution in [1.82, 2.24) is 28.9 Å². The van der Waals surface area contributed by atoms with Gasteiger partial charge in [-0.1, -0.05) is 32.0 Å². The van der Waals surface area contributed by atoms with Gasteiger partial charge in [-0.25, -0.2) is 19.9 Å². The molecule has 6 nitrogen and oxygen atoms in total. The number of aromatic nitrogens is 6. The Balaban J connectivity index is 0.00000151. The molecule has 198 valence electrons. The monoisotopic (exact) mass is 516 g/mol. The first-order valence-electron chi connectivity index (χ1n) is 13.6. The molecule has 4 aromatic heterocycles. The lowest BCUT2D eigenvalue weighted by molar-refractivity contribution is 1.06. The van der Waals surface area contributed by atoms with Crippen molar-refractivity contribution >= 4 is 16.8 Å². The summed E-state index contributed by atoms with van der Waals surface area (Å²) in [7, 11) is 0. The van der Waals surface area contributed by atoms with Gasteiger partial charge in [0.05, 0.1) is 17.6 Å². The fraction of sp³-hybridized carbons (Fsp3) is 0.273. The van der Waals surface area contributed by atoms with Gasteiger partial charge in [-0.05, 0) is 94.0 Å². The molecule has 0 radical (unpaired) electrons. The largest absolute Gasteiger partial charge is 0.304 e. The van der Waals surface area contributed by atoms with Crippen LogP contribution < -0.4 is 0 Å². The average molecular weight is 517 g/mol. The lowest BCUT2D eigenvalue weighted by Crippen LogP contribution is -2.04. The molecule has 2 aromatic carbocycles. The standard InChI is InChI=1S/C31H30N6.C2H6/c1-17-9-8-10-18(2)28(17)27-16-36-23(7)21(5)22(6)31(36)37(27)26-14-19(3)24(13-20(26)4)29-34-15-25-30(35-29)33-12-11-32-25;1-2/h8-16H,1-7H3;1-2H3. The summed E-state index contributed by atoms with van der Waals surface area (Å²) in [5.74, 6) is 0.665. The van der Waals surface area contributed by atoms with Crippen molar-refractivity contribution in [3.63, 3.8) is 0 Å². The summed E-state index contributed by atoms with van der Waals surface area (Å²) in [6.45, 7) is 19.3. The summed E-state index contributed by atoms with van der Waals surface area (Å²) in [5.41, 5.74) is 15.9. The minimum atomic E-state index is 0.604. The minimum Gasteiger partial charge on any atom is -0.304 e. The second-order valence-corrected chi connectivity index (χ2v) is 10.1. The molecule has 4 heterocycles. The van der Waals surface area contributed by atoms with Crippen LogP contribution in [0, 0.1) is 48.5 Å². The van der Waals surface area contributed by atoms with E-state index in [1.165, 1.54) is 44.9 Å². The third kappa shape index (κ3) is 4.20. The van der Waals surface area contributed by atoms with E-state index in [1.54, 1.807) is 18.6 Å². The Morgan fingerprint density at radius 3 is 2.13 bits per heavy atom. The van der Waals surface area contributed by atoms with Crippen LogP contribution in [0.4, 0.5) is 0 Å². The summed E-state index contributed by atoms with van der Waals surface area (Å²) in [5, 5.41) is 0. The maximum atomic E-state index is 4.71. The topological polar surface area (TPSA) is 60.9 Å².